The number of para-hydroxylation sites is 2. The Labute approximate surface area is 782 Å². The number of fused-ring (bicyclic) bond motifs is 12. The molecule has 135 heavy (non-hydrogen) atoms. The Balaban J connectivity index is 0.000000109. The van der Waals surface area contributed by atoms with Crippen molar-refractivity contribution in [3.63, 3.8) is 0 Å². The summed E-state index contributed by atoms with van der Waals surface area (Å²) in [7, 11) is 0. The molecule has 27 rings (SSSR count). The Bertz CT molecular complexity index is 8290. The average molecular weight is 1720 g/mol. The van der Waals surface area contributed by atoms with Gasteiger partial charge < -0.3 is 4.90 Å². The lowest BCUT2D eigenvalue weighted by atomic mass is 9.90. The lowest BCUT2D eigenvalue weighted by Crippen LogP contribution is -2.17. The summed E-state index contributed by atoms with van der Waals surface area (Å²) >= 11 is 0. The van der Waals surface area contributed by atoms with E-state index in [0.717, 1.165) is 152 Å². The summed E-state index contributed by atoms with van der Waals surface area (Å²) in [5.74, 6) is 1.76. The molecule has 0 amide bonds. The normalized spacial score (nSPS) is 12.0. The van der Waals surface area contributed by atoms with Crippen LogP contribution < -0.4 is 14.7 Å². The third-order valence-electron chi connectivity index (χ3n) is 26.5. The average Bonchev–Trinajstić information content (AvgIpc) is 0.394. The van der Waals surface area contributed by atoms with Crippen LogP contribution in [0.3, 0.4) is 0 Å². The lowest BCUT2D eigenvalue weighted by Gasteiger charge is -2.33. The van der Waals surface area contributed by atoms with E-state index < -0.39 is 0 Å². The van der Waals surface area contributed by atoms with Gasteiger partial charge >= 0.3 is 0 Å². The summed E-state index contributed by atoms with van der Waals surface area (Å²) in [6.07, 6.45) is 1.91. The molecule has 5 aromatic heterocycles. The van der Waals surface area contributed by atoms with Gasteiger partial charge in [0.05, 0.1) is 73.8 Å². The predicted molar refractivity (Wildman–Crippen MR) is 563 cm³/mol. The second-order valence-corrected chi connectivity index (χ2v) is 34.5. The third kappa shape index (κ3) is 14.3. The van der Waals surface area contributed by atoms with Crippen molar-refractivity contribution in [3.05, 3.63) is 498 Å². The molecule has 8 heteroatoms. The number of pyridine rings is 5. The highest BCUT2D eigenvalue weighted by molar-refractivity contribution is 6.26. The molecule has 0 bridgehead atoms. The molecular formula is C127H82N8. The molecule has 8 nitrogen and oxygen atoms in total. The van der Waals surface area contributed by atoms with Crippen LogP contribution in [0, 0.1) is 0 Å². The van der Waals surface area contributed by atoms with E-state index in [1.807, 2.05) is 36.5 Å². The summed E-state index contributed by atoms with van der Waals surface area (Å²) in [5.41, 5.74) is 35.3. The van der Waals surface area contributed by atoms with Crippen molar-refractivity contribution in [2.45, 2.75) is 0 Å². The SMILES string of the molecule is c1ccc(-c2cc(-c3ccccc3)nc(N3c4ccccc4-c4cc(-c5ccccc5)nc5cccc3c45)c2)cc1.c1ccc(-c2cc(-c3ccccc3)nc(N3c4ccccc4-c4nc(-c5ccccc5)cc5cccc3c45)c2)cc1.c1ccc(-c2cc3c4c(cccc4c2)N(c2cccc(-c4cccc(-c5ccc6c7ccccc7c7ccccc7c6c5)c4)c2)c2cccnc2-3)cc1. The Morgan fingerprint density at radius 2 is 0.548 bits per heavy atom. The smallest absolute Gasteiger partial charge is 0.138 e. The molecule has 3 aliphatic rings. The van der Waals surface area contributed by atoms with Crippen LogP contribution >= 0.6 is 0 Å². The van der Waals surface area contributed by atoms with E-state index in [2.05, 4.69) is 476 Å². The minimum Gasteiger partial charge on any atom is -0.308 e. The topological polar surface area (TPSA) is 74.2 Å². The van der Waals surface area contributed by atoms with Crippen molar-refractivity contribution in [1.29, 1.82) is 0 Å². The molecule has 0 aliphatic carbocycles. The fourth-order valence-electron chi connectivity index (χ4n) is 20.3. The van der Waals surface area contributed by atoms with Gasteiger partial charge in [0.25, 0.3) is 0 Å². The van der Waals surface area contributed by atoms with Crippen LogP contribution in [0.15, 0.2) is 498 Å². The van der Waals surface area contributed by atoms with Crippen LogP contribution in [0.1, 0.15) is 0 Å². The molecular weight excluding hydrogens is 1640 g/mol. The summed E-state index contributed by atoms with van der Waals surface area (Å²) in [6.45, 7) is 0. The fraction of sp³-hybridized carbons (Fsp3) is 0. The maximum Gasteiger partial charge on any atom is 0.138 e. The first-order valence-corrected chi connectivity index (χ1v) is 45.9. The van der Waals surface area contributed by atoms with Crippen molar-refractivity contribution < 1.29 is 0 Å². The van der Waals surface area contributed by atoms with Gasteiger partial charge in [-0.1, -0.05) is 370 Å². The van der Waals surface area contributed by atoms with Crippen molar-refractivity contribution in [3.8, 4) is 134 Å². The molecule has 0 atom stereocenters. The van der Waals surface area contributed by atoms with Crippen molar-refractivity contribution in [2.24, 2.45) is 0 Å². The van der Waals surface area contributed by atoms with E-state index in [-0.39, 0.29) is 0 Å². The monoisotopic (exact) mass is 1720 g/mol. The van der Waals surface area contributed by atoms with Gasteiger partial charge in [0.15, 0.2) is 0 Å². The molecule has 0 fully saturated rings. The maximum atomic E-state index is 5.28. The summed E-state index contributed by atoms with van der Waals surface area (Å²) in [6, 6.07) is 175. The van der Waals surface area contributed by atoms with Gasteiger partial charge in [-0.25, -0.2) is 19.9 Å². The zero-order valence-corrected chi connectivity index (χ0v) is 73.4. The minimum atomic E-state index is 0.878. The van der Waals surface area contributed by atoms with Crippen molar-refractivity contribution in [2.75, 3.05) is 14.7 Å². The number of nitrogens with zero attached hydrogens (tertiary/aromatic N) is 8. The van der Waals surface area contributed by atoms with E-state index in [1.54, 1.807) is 0 Å². The highest BCUT2D eigenvalue weighted by Gasteiger charge is 2.33. The molecule has 3 aliphatic heterocycles. The highest BCUT2D eigenvalue weighted by Crippen LogP contribution is 2.56. The summed E-state index contributed by atoms with van der Waals surface area (Å²) < 4.78 is 0. The van der Waals surface area contributed by atoms with E-state index in [0.29, 0.717) is 0 Å². The van der Waals surface area contributed by atoms with E-state index in [4.69, 9.17) is 24.9 Å². The van der Waals surface area contributed by atoms with Gasteiger partial charge in [0.2, 0.25) is 0 Å². The fourth-order valence-corrected chi connectivity index (χ4v) is 20.3. The van der Waals surface area contributed by atoms with Gasteiger partial charge in [-0.15, -0.1) is 0 Å². The minimum absolute atomic E-state index is 0.878. The number of anilines is 9. The second-order valence-electron chi connectivity index (χ2n) is 34.5. The number of aromatic nitrogens is 5. The van der Waals surface area contributed by atoms with Crippen LogP contribution in [0.5, 0.6) is 0 Å². The van der Waals surface area contributed by atoms with Crippen LogP contribution in [-0.4, -0.2) is 24.9 Å². The Morgan fingerprint density at radius 3 is 1.10 bits per heavy atom. The van der Waals surface area contributed by atoms with Crippen LogP contribution in [0.2, 0.25) is 0 Å². The summed E-state index contributed by atoms with van der Waals surface area (Å²) in [5, 5.41) is 13.6. The number of benzene rings is 19. The van der Waals surface area contributed by atoms with E-state index in [9.17, 15) is 0 Å². The molecule has 19 aromatic carbocycles. The molecule has 0 saturated carbocycles. The molecule has 0 unspecified atom stereocenters. The van der Waals surface area contributed by atoms with Crippen LogP contribution in [-0.2, 0) is 0 Å². The number of hydrogen-bond donors (Lipinski definition) is 0. The van der Waals surface area contributed by atoms with Gasteiger partial charge in [-0.2, -0.15) is 0 Å². The first-order chi connectivity index (χ1) is 66.9. The van der Waals surface area contributed by atoms with Gasteiger partial charge in [0, 0.05) is 67.0 Å². The van der Waals surface area contributed by atoms with Gasteiger partial charge in [0.1, 0.15) is 11.6 Å². The zero-order valence-electron chi connectivity index (χ0n) is 73.4. The molecule has 0 saturated heterocycles. The van der Waals surface area contributed by atoms with Crippen molar-refractivity contribution in [1.82, 2.24) is 24.9 Å². The van der Waals surface area contributed by atoms with Gasteiger partial charge in [-0.3, -0.25) is 14.8 Å². The van der Waals surface area contributed by atoms with E-state index in [1.165, 1.54) is 98.8 Å². The summed E-state index contributed by atoms with van der Waals surface area (Å²) in [4.78, 5) is 32.9. The second kappa shape index (κ2) is 33.8. The third-order valence-corrected chi connectivity index (χ3v) is 26.5. The maximum absolute atomic E-state index is 5.28. The molecule has 24 aromatic rings. The molecule has 630 valence electrons. The van der Waals surface area contributed by atoms with E-state index >= 15 is 0 Å². The van der Waals surface area contributed by atoms with Crippen LogP contribution in [0.4, 0.5) is 51.4 Å². The Morgan fingerprint density at radius 1 is 0.163 bits per heavy atom. The van der Waals surface area contributed by atoms with Crippen molar-refractivity contribution >= 4 is 116 Å². The first kappa shape index (κ1) is 79.1. The standard InChI is InChI=1S/C51H32N2.2C38H25N3/c1-2-12-33(13-3-1)39-29-38-17-10-23-48-50(38)47(32-39)51-49(24-11-27-52-51)53(48)40-18-9-16-36(30-40)34-14-8-15-35(28-34)37-25-26-45-43-21-5-4-19-41(43)42-20-6-7-22-44(42)46(45)31-37;1-4-13-26(14-5-1)30-24-32(27-15-6-2-7-16-27)39-36(25-30)41-34-21-11-10-20-31(34)38-37-29(19-12-22-35(37)41)23-33(40-38)28-17-8-3-9-18-28;1-4-13-26(14-5-1)29-23-33(27-15-6-2-7-16-27)40-37(24-29)41-35-21-11-10-19-30(35)31-25-34(28-17-8-3-9-18-28)39-32-20-12-22-36(41)38(31)32/h1-32H;2*1-25H. The lowest BCUT2D eigenvalue weighted by molar-refractivity contribution is 1.18. The quantitative estimate of drug-likeness (QED) is 0.112. The largest absolute Gasteiger partial charge is 0.308 e. The number of rotatable bonds is 12. The number of hydrogen-bond acceptors (Lipinski definition) is 8. The molecule has 0 radical (unpaired) electrons. The first-order valence-electron chi connectivity index (χ1n) is 45.9. The van der Waals surface area contributed by atoms with Crippen LogP contribution in [0.25, 0.3) is 199 Å². The molecule has 0 spiro atoms. The Kier molecular flexibility index (Phi) is 19.8. The molecule has 8 heterocycles. The van der Waals surface area contributed by atoms with Gasteiger partial charge in [-0.05, 0) is 226 Å². The zero-order chi connectivity index (χ0) is 89.2. The molecule has 0 N–H and O–H groups in total. The predicted octanol–water partition coefficient (Wildman–Crippen LogP) is 34.3. The highest BCUT2D eigenvalue weighted by atomic mass is 15.2. The Hall–Kier alpha value is -18.1.